The Bertz CT molecular complexity index is 254. The smallest absolute Gasteiger partial charge is 0.227 e. The average Bonchev–Trinajstić information content (AvgIpc) is 2.00. The summed E-state index contributed by atoms with van der Waals surface area (Å²) in [5.41, 5.74) is 0. The third-order valence-corrected chi connectivity index (χ3v) is 3.02. The first-order valence-electron chi connectivity index (χ1n) is 3.50. The topological polar surface area (TPSA) is 73.2 Å². The molecule has 0 saturated heterocycles. The molecule has 0 aromatic carbocycles. The number of hydrogen-bond donors (Lipinski definition) is 1. The van der Waals surface area contributed by atoms with Gasteiger partial charge in [0, 0.05) is 20.1 Å². The molecule has 0 amide bonds. The lowest BCUT2D eigenvalue weighted by atomic mass is 10.6. The Labute approximate surface area is 73.0 Å². The van der Waals surface area contributed by atoms with E-state index in [1.807, 2.05) is 0 Å². The predicted octanol–water partition coefficient (Wildman–Crippen LogP) is -1.01. The number of hydrogen-bond acceptors (Lipinski definition) is 4. The van der Waals surface area contributed by atoms with E-state index in [0.29, 0.717) is 13.1 Å². The van der Waals surface area contributed by atoms with Crippen LogP contribution in [0.4, 0.5) is 0 Å². The lowest BCUT2D eigenvalue weighted by Crippen LogP contribution is -2.34. The molecule has 0 radical (unpaired) electrons. The van der Waals surface area contributed by atoms with E-state index in [0.717, 1.165) is 0 Å². The molecule has 0 atom stereocenters. The van der Waals surface area contributed by atoms with Gasteiger partial charge in [-0.1, -0.05) is 0 Å². The van der Waals surface area contributed by atoms with Crippen LogP contribution in [0.2, 0.25) is 0 Å². The van der Waals surface area contributed by atoms with E-state index in [1.165, 1.54) is 11.4 Å². The van der Waals surface area contributed by atoms with Crippen LogP contribution in [0.1, 0.15) is 0 Å². The van der Waals surface area contributed by atoms with E-state index >= 15 is 0 Å². The molecule has 70 valence electrons. The molecular weight excluding hydrogens is 178 g/mol. The second kappa shape index (κ2) is 5.09. The van der Waals surface area contributed by atoms with Crippen molar-refractivity contribution in [2.24, 2.45) is 0 Å². The summed E-state index contributed by atoms with van der Waals surface area (Å²) in [7, 11) is -0.147. The number of sulfonamides is 1. The third-order valence-electron chi connectivity index (χ3n) is 1.40. The predicted molar refractivity (Wildman–Crippen MR) is 46.0 cm³/mol. The molecule has 0 heterocycles. The van der Waals surface area contributed by atoms with Crippen molar-refractivity contribution < 1.29 is 8.42 Å². The molecule has 1 N–H and O–H groups in total. The molecule has 0 aromatic rings. The maximum atomic E-state index is 11.1. The van der Waals surface area contributed by atoms with Crippen LogP contribution in [0.15, 0.2) is 0 Å². The first-order chi connectivity index (χ1) is 5.54. The Morgan fingerprint density at radius 2 is 2.17 bits per heavy atom. The zero-order valence-electron chi connectivity index (χ0n) is 7.24. The number of nitrogens with zero attached hydrogens (tertiary/aromatic N) is 2. The van der Waals surface area contributed by atoms with Crippen LogP contribution in [0.3, 0.4) is 0 Å². The highest BCUT2D eigenvalue weighted by atomic mass is 32.2. The summed E-state index contributed by atoms with van der Waals surface area (Å²) in [6.45, 7) is 0.974. The van der Waals surface area contributed by atoms with E-state index in [2.05, 4.69) is 5.32 Å². The van der Waals surface area contributed by atoms with Crippen LogP contribution < -0.4 is 5.32 Å². The standard InChI is InChI=1S/C6H13N3O2S/c1-8-4-5-9(2)12(10,11)6-3-7/h8H,4-6H2,1-2H3. The minimum Gasteiger partial charge on any atom is -0.318 e. The van der Waals surface area contributed by atoms with Gasteiger partial charge in [0.25, 0.3) is 0 Å². The summed E-state index contributed by atoms with van der Waals surface area (Å²) in [6, 6.07) is 1.62. The van der Waals surface area contributed by atoms with E-state index in [4.69, 9.17) is 5.26 Å². The van der Waals surface area contributed by atoms with Crippen LogP contribution in [0.5, 0.6) is 0 Å². The van der Waals surface area contributed by atoms with Crippen LogP contribution in [-0.4, -0.2) is 45.7 Å². The van der Waals surface area contributed by atoms with Gasteiger partial charge in [0.05, 0.1) is 6.07 Å². The zero-order valence-corrected chi connectivity index (χ0v) is 8.06. The minimum atomic E-state index is -3.35. The quantitative estimate of drug-likeness (QED) is 0.604. The Morgan fingerprint density at radius 1 is 1.58 bits per heavy atom. The van der Waals surface area contributed by atoms with Gasteiger partial charge >= 0.3 is 0 Å². The first kappa shape index (κ1) is 11.4. The van der Waals surface area contributed by atoms with Gasteiger partial charge in [-0.2, -0.15) is 5.26 Å². The van der Waals surface area contributed by atoms with Crippen molar-refractivity contribution in [1.82, 2.24) is 9.62 Å². The summed E-state index contributed by atoms with van der Waals surface area (Å²) in [5.74, 6) is -0.451. The zero-order chi connectivity index (χ0) is 9.61. The largest absolute Gasteiger partial charge is 0.318 e. The lowest BCUT2D eigenvalue weighted by molar-refractivity contribution is 0.469. The van der Waals surface area contributed by atoms with Crippen LogP contribution in [0, 0.1) is 11.3 Å². The fourth-order valence-corrected chi connectivity index (χ4v) is 1.35. The third kappa shape index (κ3) is 3.67. The molecule has 12 heavy (non-hydrogen) atoms. The average molecular weight is 191 g/mol. The van der Waals surface area contributed by atoms with Crippen molar-refractivity contribution in [3.8, 4) is 6.07 Å². The van der Waals surface area contributed by atoms with Crippen molar-refractivity contribution in [3.05, 3.63) is 0 Å². The Hall–Kier alpha value is -0.640. The molecule has 0 aliphatic carbocycles. The lowest BCUT2D eigenvalue weighted by Gasteiger charge is -2.14. The highest BCUT2D eigenvalue weighted by Crippen LogP contribution is 1.95. The van der Waals surface area contributed by atoms with Crippen LogP contribution in [-0.2, 0) is 10.0 Å². The van der Waals surface area contributed by atoms with Crippen molar-refractivity contribution in [2.75, 3.05) is 32.9 Å². The van der Waals surface area contributed by atoms with Gasteiger partial charge in [-0.05, 0) is 7.05 Å². The van der Waals surface area contributed by atoms with Crippen molar-refractivity contribution >= 4 is 10.0 Å². The SMILES string of the molecule is CNCCN(C)S(=O)(=O)CC#N. The Morgan fingerprint density at radius 3 is 2.58 bits per heavy atom. The summed E-state index contributed by atoms with van der Waals surface area (Å²) in [4.78, 5) is 0. The molecule has 0 fully saturated rings. The van der Waals surface area contributed by atoms with Gasteiger partial charge < -0.3 is 5.32 Å². The summed E-state index contributed by atoms with van der Waals surface area (Å²) in [6.07, 6.45) is 0. The van der Waals surface area contributed by atoms with E-state index < -0.39 is 15.8 Å². The molecule has 0 unspecified atom stereocenters. The van der Waals surface area contributed by atoms with Crippen molar-refractivity contribution in [1.29, 1.82) is 5.26 Å². The van der Waals surface area contributed by atoms with Gasteiger partial charge in [-0.15, -0.1) is 0 Å². The molecule has 6 heteroatoms. The van der Waals surface area contributed by atoms with Crippen LogP contribution >= 0.6 is 0 Å². The molecule has 0 aromatic heterocycles. The highest BCUT2D eigenvalue weighted by Gasteiger charge is 2.15. The number of likely N-dealkylation sites (N-methyl/N-ethyl adjacent to an activating group) is 2. The molecule has 0 aliphatic rings. The fraction of sp³-hybridized carbons (Fsp3) is 0.833. The monoisotopic (exact) mass is 191 g/mol. The van der Waals surface area contributed by atoms with Gasteiger partial charge in [0.1, 0.15) is 0 Å². The van der Waals surface area contributed by atoms with Gasteiger partial charge in [-0.25, -0.2) is 12.7 Å². The number of nitrogens with one attached hydrogen (secondary N) is 1. The first-order valence-corrected chi connectivity index (χ1v) is 5.11. The maximum absolute atomic E-state index is 11.1. The number of nitriles is 1. The van der Waals surface area contributed by atoms with Crippen molar-refractivity contribution in [3.63, 3.8) is 0 Å². The molecule has 0 saturated carbocycles. The van der Waals surface area contributed by atoms with Gasteiger partial charge in [0.15, 0.2) is 5.75 Å². The molecule has 0 bridgehead atoms. The van der Waals surface area contributed by atoms with Gasteiger partial charge in [0.2, 0.25) is 10.0 Å². The minimum absolute atomic E-state index is 0.389. The van der Waals surface area contributed by atoms with Gasteiger partial charge in [-0.3, -0.25) is 0 Å². The second-order valence-corrected chi connectivity index (χ2v) is 4.42. The molecular formula is C6H13N3O2S. The normalized spacial score (nSPS) is 11.5. The molecule has 0 spiro atoms. The highest BCUT2D eigenvalue weighted by molar-refractivity contribution is 7.89. The molecule has 5 nitrogen and oxygen atoms in total. The fourth-order valence-electron chi connectivity index (χ4n) is 0.600. The summed E-state index contributed by atoms with van der Waals surface area (Å²) < 4.78 is 23.4. The number of rotatable bonds is 5. The Balaban J connectivity index is 4.09. The van der Waals surface area contributed by atoms with E-state index in [9.17, 15) is 8.42 Å². The second-order valence-electron chi connectivity index (χ2n) is 2.34. The summed E-state index contributed by atoms with van der Waals surface area (Å²) in [5, 5.41) is 11.0. The van der Waals surface area contributed by atoms with Crippen molar-refractivity contribution in [2.45, 2.75) is 0 Å². The molecule has 0 aliphatic heterocycles. The van der Waals surface area contributed by atoms with E-state index in [1.54, 1.807) is 13.1 Å². The van der Waals surface area contributed by atoms with Crippen LogP contribution in [0.25, 0.3) is 0 Å². The summed E-state index contributed by atoms with van der Waals surface area (Å²) >= 11 is 0. The van der Waals surface area contributed by atoms with E-state index in [-0.39, 0.29) is 0 Å². The maximum Gasteiger partial charge on any atom is 0.227 e. The molecule has 0 rings (SSSR count). The Kier molecular flexibility index (Phi) is 4.81.